The van der Waals surface area contributed by atoms with Gasteiger partial charge >= 0.3 is 0 Å². The zero-order chi connectivity index (χ0) is 18.4. The Balaban J connectivity index is 1.37. The summed E-state index contributed by atoms with van der Waals surface area (Å²) < 4.78 is 27.8. The van der Waals surface area contributed by atoms with Gasteiger partial charge in [0.25, 0.3) is 0 Å². The molecule has 2 aliphatic carbocycles. The van der Waals surface area contributed by atoms with E-state index >= 15 is 0 Å². The van der Waals surface area contributed by atoms with Crippen LogP contribution in [0.15, 0.2) is 18.5 Å². The molecule has 2 fully saturated rings. The van der Waals surface area contributed by atoms with Crippen LogP contribution >= 0.6 is 0 Å². The van der Waals surface area contributed by atoms with Crippen molar-refractivity contribution in [1.29, 1.82) is 0 Å². The summed E-state index contributed by atoms with van der Waals surface area (Å²) in [5.74, 6) is 1.77. The van der Waals surface area contributed by atoms with Crippen molar-refractivity contribution in [3.8, 4) is 0 Å². The van der Waals surface area contributed by atoms with Gasteiger partial charge in [0, 0.05) is 12.1 Å². The van der Waals surface area contributed by atoms with Gasteiger partial charge < -0.3 is 4.98 Å². The van der Waals surface area contributed by atoms with Gasteiger partial charge in [-0.1, -0.05) is 19.3 Å². The summed E-state index contributed by atoms with van der Waals surface area (Å²) in [6.07, 6.45) is 11.4. The molecule has 3 aromatic heterocycles. The molecule has 0 radical (unpaired) electrons. The smallest absolute Gasteiger partial charge is 0.179 e. The number of fused-ring (bicyclic) bond motifs is 3. The average Bonchev–Trinajstić information content (AvgIpc) is 3.40. The predicted molar refractivity (Wildman–Crippen MR) is 103 cm³/mol. The van der Waals surface area contributed by atoms with Crippen LogP contribution in [0, 0.1) is 5.92 Å². The van der Waals surface area contributed by atoms with Crippen LogP contribution in [-0.4, -0.2) is 44.0 Å². The van der Waals surface area contributed by atoms with Crippen molar-refractivity contribution in [1.82, 2.24) is 24.6 Å². The van der Waals surface area contributed by atoms with Crippen molar-refractivity contribution in [2.24, 2.45) is 5.92 Å². The van der Waals surface area contributed by atoms with Gasteiger partial charge in [-0.3, -0.25) is 4.40 Å². The summed E-state index contributed by atoms with van der Waals surface area (Å²) >= 11 is 0. The zero-order valence-corrected chi connectivity index (χ0v) is 16.2. The fourth-order valence-electron chi connectivity index (χ4n) is 5.01. The van der Waals surface area contributed by atoms with E-state index in [1.165, 1.54) is 6.42 Å². The molecule has 0 saturated heterocycles. The Morgan fingerprint density at radius 3 is 2.81 bits per heavy atom. The topological polar surface area (TPSA) is 93.0 Å². The van der Waals surface area contributed by atoms with E-state index in [0.29, 0.717) is 5.75 Å². The Bertz CT molecular complexity index is 1060. The number of nitrogens with one attached hydrogen (secondary N) is 1. The number of sulfone groups is 1. The number of hydrogen-bond acceptors (Lipinski definition) is 5. The second-order valence-electron chi connectivity index (χ2n) is 8.19. The molecule has 0 amide bonds. The summed E-state index contributed by atoms with van der Waals surface area (Å²) in [6, 6.07) is 1.99. The Morgan fingerprint density at radius 2 is 1.96 bits per heavy atom. The van der Waals surface area contributed by atoms with Crippen LogP contribution in [-0.2, 0) is 9.84 Å². The largest absolute Gasteiger partial charge is 0.345 e. The maximum absolute atomic E-state index is 12.8. The average molecular weight is 388 g/mol. The molecule has 2 aliphatic rings. The predicted octanol–water partition coefficient (Wildman–Crippen LogP) is 3.24. The van der Waals surface area contributed by atoms with Crippen molar-refractivity contribution >= 4 is 26.6 Å². The Kier molecular flexibility index (Phi) is 4.18. The van der Waals surface area contributed by atoms with Crippen LogP contribution in [0.3, 0.4) is 0 Å². The third kappa shape index (κ3) is 3.03. The van der Waals surface area contributed by atoms with Crippen LogP contribution in [0.5, 0.6) is 0 Å². The molecule has 144 valence electrons. The summed E-state index contributed by atoms with van der Waals surface area (Å²) in [6.45, 7) is 0. The van der Waals surface area contributed by atoms with E-state index in [0.717, 1.165) is 67.6 Å². The number of hydrogen-bond donors (Lipinski definition) is 1. The molecular formula is C19H25N5O2S. The fourth-order valence-corrected chi connectivity index (χ4v) is 7.30. The van der Waals surface area contributed by atoms with Gasteiger partial charge in [-0.15, -0.1) is 10.2 Å². The molecular weight excluding hydrogens is 362 g/mol. The Morgan fingerprint density at radius 1 is 1.11 bits per heavy atom. The molecule has 2 atom stereocenters. The summed E-state index contributed by atoms with van der Waals surface area (Å²) in [5.41, 5.74) is 2.54. The standard InChI is InChI=1S/C19H25N5O2S/c25-27(26,15-4-2-1-3-5-15)12-13-6-7-14(10-13)19-23-22-17-11-21-18-16(24(17)19)8-9-20-18/h8-9,11,13-15,20H,1-7,10,12H2/t13-,14+/m0/s1. The molecule has 27 heavy (non-hydrogen) atoms. The SMILES string of the molecule is O=S(=O)(C[C@H]1CC[C@@H](c2nnc3cnc4[nH]ccc4n23)C1)C1CCCCC1. The first-order valence-electron chi connectivity index (χ1n) is 10.0. The molecule has 0 unspecified atom stereocenters. The van der Waals surface area contributed by atoms with Crippen molar-refractivity contribution in [2.45, 2.75) is 62.5 Å². The number of rotatable bonds is 4. The van der Waals surface area contributed by atoms with Crippen LogP contribution in [0.4, 0.5) is 0 Å². The van der Waals surface area contributed by atoms with E-state index in [2.05, 4.69) is 24.6 Å². The summed E-state index contributed by atoms with van der Waals surface area (Å²) in [7, 11) is -2.99. The lowest BCUT2D eigenvalue weighted by Crippen LogP contribution is -2.29. The highest BCUT2D eigenvalue weighted by molar-refractivity contribution is 7.92. The van der Waals surface area contributed by atoms with Crippen molar-refractivity contribution in [3.63, 3.8) is 0 Å². The first kappa shape index (κ1) is 17.2. The van der Waals surface area contributed by atoms with Crippen LogP contribution in [0.1, 0.15) is 63.1 Å². The molecule has 5 rings (SSSR count). The van der Waals surface area contributed by atoms with Gasteiger partial charge in [0.15, 0.2) is 21.1 Å². The van der Waals surface area contributed by atoms with Crippen LogP contribution < -0.4 is 0 Å². The lowest BCUT2D eigenvalue weighted by molar-refractivity contribution is 0.475. The molecule has 0 bridgehead atoms. The highest BCUT2D eigenvalue weighted by Gasteiger charge is 2.35. The maximum Gasteiger partial charge on any atom is 0.179 e. The summed E-state index contributed by atoms with van der Waals surface area (Å²) in [5, 5.41) is 8.62. The highest BCUT2D eigenvalue weighted by Crippen LogP contribution is 2.39. The molecule has 2 saturated carbocycles. The lowest BCUT2D eigenvalue weighted by Gasteiger charge is -2.23. The Hall–Kier alpha value is -1.96. The zero-order valence-electron chi connectivity index (χ0n) is 15.3. The van der Waals surface area contributed by atoms with E-state index in [-0.39, 0.29) is 17.1 Å². The number of nitrogens with zero attached hydrogens (tertiary/aromatic N) is 4. The number of aromatic nitrogens is 5. The lowest BCUT2D eigenvalue weighted by atomic mass is 10.0. The molecule has 3 heterocycles. The monoisotopic (exact) mass is 387 g/mol. The van der Waals surface area contributed by atoms with Crippen LogP contribution in [0.2, 0.25) is 0 Å². The van der Waals surface area contributed by atoms with Gasteiger partial charge in [0.05, 0.1) is 22.7 Å². The number of H-pyrrole nitrogens is 1. The third-order valence-corrected chi connectivity index (χ3v) is 8.82. The normalized spacial score (nSPS) is 24.9. The van der Waals surface area contributed by atoms with Gasteiger partial charge in [-0.05, 0) is 44.1 Å². The van der Waals surface area contributed by atoms with Crippen molar-refractivity contribution < 1.29 is 8.42 Å². The molecule has 3 aromatic rings. The maximum atomic E-state index is 12.8. The minimum atomic E-state index is -2.99. The van der Waals surface area contributed by atoms with Gasteiger partial charge in [0.1, 0.15) is 5.82 Å². The van der Waals surface area contributed by atoms with E-state index < -0.39 is 9.84 Å². The van der Waals surface area contributed by atoms with Crippen LogP contribution in [0.25, 0.3) is 16.8 Å². The third-order valence-electron chi connectivity index (χ3n) is 6.40. The molecule has 7 nitrogen and oxygen atoms in total. The fraction of sp³-hybridized carbons (Fsp3) is 0.632. The molecule has 0 aromatic carbocycles. The molecule has 0 aliphatic heterocycles. The molecule has 8 heteroatoms. The highest BCUT2D eigenvalue weighted by atomic mass is 32.2. The second-order valence-corrected chi connectivity index (χ2v) is 10.5. The second kappa shape index (κ2) is 6.58. The molecule has 1 N–H and O–H groups in total. The van der Waals surface area contributed by atoms with Crippen molar-refractivity contribution in [2.75, 3.05) is 5.75 Å². The minimum absolute atomic E-state index is 0.107. The Labute approximate surface area is 158 Å². The van der Waals surface area contributed by atoms with E-state index in [1.54, 1.807) is 6.20 Å². The first-order chi connectivity index (χ1) is 13.1. The van der Waals surface area contributed by atoms with Gasteiger partial charge in [-0.25, -0.2) is 13.4 Å². The summed E-state index contributed by atoms with van der Waals surface area (Å²) in [4.78, 5) is 7.49. The quantitative estimate of drug-likeness (QED) is 0.742. The van der Waals surface area contributed by atoms with Gasteiger partial charge in [0.2, 0.25) is 0 Å². The van der Waals surface area contributed by atoms with Gasteiger partial charge in [-0.2, -0.15) is 0 Å². The first-order valence-corrected chi connectivity index (χ1v) is 11.7. The minimum Gasteiger partial charge on any atom is -0.345 e. The molecule has 0 spiro atoms. The number of aromatic amines is 1. The van der Waals surface area contributed by atoms with E-state index in [1.807, 2.05) is 12.3 Å². The van der Waals surface area contributed by atoms with E-state index in [9.17, 15) is 8.42 Å². The van der Waals surface area contributed by atoms with E-state index in [4.69, 9.17) is 0 Å². The van der Waals surface area contributed by atoms with Crippen molar-refractivity contribution in [3.05, 3.63) is 24.3 Å².